The zero-order valence-electron chi connectivity index (χ0n) is 11.6. The maximum Gasteiger partial charge on any atom is 0.129 e. The Morgan fingerprint density at radius 1 is 1.28 bits per heavy atom. The average molecular weight is 249 g/mol. The van der Waals surface area contributed by atoms with Crippen molar-refractivity contribution in [3.63, 3.8) is 0 Å². The molecule has 3 nitrogen and oxygen atoms in total. The molecule has 1 aromatic rings. The van der Waals surface area contributed by atoms with Gasteiger partial charge < -0.3 is 14.4 Å². The first kappa shape index (κ1) is 14.7. The summed E-state index contributed by atoms with van der Waals surface area (Å²) in [5.41, 5.74) is 1.23. The minimum Gasteiger partial charge on any atom is -0.496 e. The topological polar surface area (TPSA) is 29.5 Å². The van der Waals surface area contributed by atoms with Crippen molar-refractivity contribution in [3.8, 4) is 5.75 Å². The van der Waals surface area contributed by atoms with Crippen molar-refractivity contribution < 1.29 is 9.53 Å². The number of nitrogens with zero attached hydrogens (tertiary/aromatic N) is 1. The first-order valence-electron chi connectivity index (χ1n) is 6.43. The van der Waals surface area contributed by atoms with Crippen LogP contribution in [-0.4, -0.2) is 37.9 Å². The van der Waals surface area contributed by atoms with Gasteiger partial charge in [0.05, 0.1) is 7.11 Å². The fourth-order valence-corrected chi connectivity index (χ4v) is 1.93. The van der Waals surface area contributed by atoms with Gasteiger partial charge in [-0.05, 0) is 45.0 Å². The first-order valence-corrected chi connectivity index (χ1v) is 6.43. The Kier molecular flexibility index (Phi) is 6.44. The van der Waals surface area contributed by atoms with E-state index in [0.29, 0.717) is 6.42 Å². The number of hydrogen-bond donors (Lipinski definition) is 0. The number of para-hydroxylation sites is 1. The molecule has 0 saturated carbocycles. The third-order valence-corrected chi connectivity index (χ3v) is 3.02. The standard InChI is InChI=1S/C15H23NO2/c1-13(17)7-6-11-16(2)12-10-14-8-4-5-9-15(14)18-3/h4-5,8-9H,6-7,10-12H2,1-3H3. The number of methoxy groups -OCH3 is 1. The highest BCUT2D eigenvalue weighted by Gasteiger charge is 2.04. The largest absolute Gasteiger partial charge is 0.496 e. The van der Waals surface area contributed by atoms with E-state index in [1.807, 2.05) is 18.2 Å². The molecule has 18 heavy (non-hydrogen) atoms. The smallest absolute Gasteiger partial charge is 0.129 e. The Hall–Kier alpha value is -1.35. The second-order valence-electron chi connectivity index (χ2n) is 4.67. The molecular formula is C15H23NO2. The minimum atomic E-state index is 0.271. The van der Waals surface area contributed by atoms with Gasteiger partial charge >= 0.3 is 0 Å². The van der Waals surface area contributed by atoms with Gasteiger partial charge in [0.15, 0.2) is 0 Å². The molecule has 0 aliphatic rings. The van der Waals surface area contributed by atoms with Crippen molar-refractivity contribution >= 4 is 5.78 Å². The molecule has 0 aliphatic heterocycles. The average Bonchev–Trinajstić information content (AvgIpc) is 2.36. The van der Waals surface area contributed by atoms with E-state index in [2.05, 4.69) is 18.0 Å². The van der Waals surface area contributed by atoms with Crippen molar-refractivity contribution in [1.29, 1.82) is 0 Å². The van der Waals surface area contributed by atoms with Crippen LogP contribution in [0.15, 0.2) is 24.3 Å². The summed E-state index contributed by atoms with van der Waals surface area (Å²) in [5.74, 6) is 1.22. The fraction of sp³-hybridized carbons (Fsp3) is 0.533. The van der Waals surface area contributed by atoms with E-state index >= 15 is 0 Å². The lowest BCUT2D eigenvalue weighted by Gasteiger charge is -2.17. The van der Waals surface area contributed by atoms with Crippen molar-refractivity contribution in [2.75, 3.05) is 27.2 Å². The maximum absolute atomic E-state index is 10.9. The SMILES string of the molecule is COc1ccccc1CCN(C)CCCC(C)=O. The predicted octanol–water partition coefficient (Wildman–Crippen LogP) is 2.54. The highest BCUT2D eigenvalue weighted by Crippen LogP contribution is 2.17. The number of Topliss-reactive ketones (excluding diaryl/α,β-unsaturated/α-hetero) is 1. The van der Waals surface area contributed by atoms with Crippen LogP contribution in [0.5, 0.6) is 5.75 Å². The summed E-state index contributed by atoms with van der Waals surface area (Å²) in [5, 5.41) is 0. The monoisotopic (exact) mass is 249 g/mol. The second-order valence-corrected chi connectivity index (χ2v) is 4.67. The number of hydrogen-bond acceptors (Lipinski definition) is 3. The van der Waals surface area contributed by atoms with E-state index in [9.17, 15) is 4.79 Å². The summed E-state index contributed by atoms with van der Waals surface area (Å²) in [6.45, 7) is 3.60. The Labute approximate surface area is 110 Å². The number of ketones is 1. The van der Waals surface area contributed by atoms with Gasteiger partial charge in [-0.1, -0.05) is 18.2 Å². The van der Waals surface area contributed by atoms with E-state index in [4.69, 9.17) is 4.74 Å². The fourth-order valence-electron chi connectivity index (χ4n) is 1.93. The van der Waals surface area contributed by atoms with Gasteiger partial charge in [-0.15, -0.1) is 0 Å². The molecule has 0 aliphatic carbocycles. The van der Waals surface area contributed by atoms with E-state index in [0.717, 1.165) is 31.7 Å². The van der Waals surface area contributed by atoms with Crippen LogP contribution in [0.3, 0.4) is 0 Å². The number of carbonyl (C=O) groups excluding carboxylic acids is 1. The molecule has 0 amide bonds. The lowest BCUT2D eigenvalue weighted by molar-refractivity contribution is -0.117. The summed E-state index contributed by atoms with van der Waals surface area (Å²) < 4.78 is 5.33. The third-order valence-electron chi connectivity index (χ3n) is 3.02. The summed E-state index contributed by atoms with van der Waals surface area (Å²) in [4.78, 5) is 13.1. The van der Waals surface area contributed by atoms with Crippen LogP contribution in [0.25, 0.3) is 0 Å². The van der Waals surface area contributed by atoms with E-state index in [-0.39, 0.29) is 5.78 Å². The number of carbonyl (C=O) groups is 1. The van der Waals surface area contributed by atoms with Gasteiger partial charge in [0.25, 0.3) is 0 Å². The molecule has 0 heterocycles. The van der Waals surface area contributed by atoms with Crippen LogP contribution in [0.1, 0.15) is 25.3 Å². The second kappa shape index (κ2) is 7.88. The predicted molar refractivity (Wildman–Crippen MR) is 74.1 cm³/mol. The Bertz CT molecular complexity index is 377. The van der Waals surface area contributed by atoms with Gasteiger partial charge in [-0.3, -0.25) is 0 Å². The summed E-state index contributed by atoms with van der Waals surface area (Å²) in [6, 6.07) is 8.11. The van der Waals surface area contributed by atoms with E-state index in [1.165, 1.54) is 5.56 Å². The summed E-state index contributed by atoms with van der Waals surface area (Å²) in [7, 11) is 3.80. The van der Waals surface area contributed by atoms with Crippen LogP contribution in [0, 0.1) is 0 Å². The molecule has 0 radical (unpaired) electrons. The molecule has 0 aromatic heterocycles. The molecule has 1 rings (SSSR count). The molecule has 0 fully saturated rings. The van der Waals surface area contributed by atoms with Gasteiger partial charge in [-0.2, -0.15) is 0 Å². The van der Waals surface area contributed by atoms with E-state index < -0.39 is 0 Å². The quantitative estimate of drug-likeness (QED) is 0.709. The Morgan fingerprint density at radius 2 is 2.00 bits per heavy atom. The zero-order valence-corrected chi connectivity index (χ0v) is 11.6. The van der Waals surface area contributed by atoms with Crippen LogP contribution in [0.2, 0.25) is 0 Å². The van der Waals surface area contributed by atoms with E-state index in [1.54, 1.807) is 14.0 Å². The normalized spacial score (nSPS) is 10.7. The highest BCUT2D eigenvalue weighted by atomic mass is 16.5. The van der Waals surface area contributed by atoms with Gasteiger partial charge in [-0.25, -0.2) is 0 Å². The van der Waals surface area contributed by atoms with Crippen molar-refractivity contribution in [2.45, 2.75) is 26.2 Å². The zero-order chi connectivity index (χ0) is 13.4. The molecule has 3 heteroatoms. The lowest BCUT2D eigenvalue weighted by Crippen LogP contribution is -2.23. The van der Waals surface area contributed by atoms with Gasteiger partial charge in [0, 0.05) is 13.0 Å². The molecular weight excluding hydrogens is 226 g/mol. The van der Waals surface area contributed by atoms with Crippen LogP contribution in [0.4, 0.5) is 0 Å². The Morgan fingerprint density at radius 3 is 2.67 bits per heavy atom. The van der Waals surface area contributed by atoms with Gasteiger partial charge in [0.1, 0.15) is 11.5 Å². The third kappa shape index (κ3) is 5.32. The summed E-state index contributed by atoms with van der Waals surface area (Å²) >= 11 is 0. The number of rotatable bonds is 8. The molecule has 0 spiro atoms. The van der Waals surface area contributed by atoms with Crippen LogP contribution >= 0.6 is 0 Å². The van der Waals surface area contributed by atoms with Crippen LogP contribution < -0.4 is 4.74 Å². The Balaban J connectivity index is 2.33. The minimum absolute atomic E-state index is 0.271. The van der Waals surface area contributed by atoms with Gasteiger partial charge in [0.2, 0.25) is 0 Å². The lowest BCUT2D eigenvalue weighted by atomic mass is 10.1. The molecule has 0 bridgehead atoms. The molecule has 0 saturated heterocycles. The number of likely N-dealkylation sites (N-methyl/N-ethyl adjacent to an activating group) is 1. The number of benzene rings is 1. The first-order chi connectivity index (χ1) is 8.63. The van der Waals surface area contributed by atoms with Crippen molar-refractivity contribution in [1.82, 2.24) is 4.90 Å². The van der Waals surface area contributed by atoms with Crippen molar-refractivity contribution in [3.05, 3.63) is 29.8 Å². The molecule has 0 N–H and O–H groups in total. The highest BCUT2D eigenvalue weighted by molar-refractivity contribution is 5.75. The maximum atomic E-state index is 10.9. The van der Waals surface area contributed by atoms with Crippen LogP contribution in [-0.2, 0) is 11.2 Å². The number of ether oxygens (including phenoxy) is 1. The molecule has 0 unspecified atom stereocenters. The molecule has 1 aromatic carbocycles. The van der Waals surface area contributed by atoms with Crippen molar-refractivity contribution in [2.24, 2.45) is 0 Å². The molecule has 0 atom stereocenters. The molecule has 100 valence electrons. The summed E-state index contributed by atoms with van der Waals surface area (Å²) in [6.07, 6.45) is 2.59.